The van der Waals surface area contributed by atoms with Crippen molar-refractivity contribution in [3.63, 3.8) is 0 Å². The summed E-state index contributed by atoms with van der Waals surface area (Å²) in [6.07, 6.45) is 3.07. The van der Waals surface area contributed by atoms with Gasteiger partial charge in [0.15, 0.2) is 12.6 Å². The van der Waals surface area contributed by atoms with Gasteiger partial charge in [0.25, 0.3) is 0 Å². The molecule has 8 aliphatic rings. The van der Waals surface area contributed by atoms with E-state index in [-0.39, 0.29) is 53.6 Å². The van der Waals surface area contributed by atoms with E-state index in [0.29, 0.717) is 38.2 Å². The van der Waals surface area contributed by atoms with Crippen molar-refractivity contribution >= 4 is 0 Å². The number of allylic oxidation sites excluding steroid dienone is 1. The van der Waals surface area contributed by atoms with E-state index in [2.05, 4.69) is 26.5 Å². The number of hydrogen-bond acceptors (Lipinski definition) is 12. The molecule has 8 rings (SSSR count). The molecule has 0 radical (unpaired) electrons. The SMILES string of the molecule is C=C1C=C([C@H]2CC[C@]3(O)[C@@H]4CC[C@]5(O)C[C@@H](O[C@@H]6C[C@H](C)[C@@H](O[C@H]7C[C@H](O)[C@H](O[C@H]8C[C@H](O)[C@H](O)[C@@H](C)O8)[C@@H](C)O7)[C@@H](O)C6)CC[C@]5(C)[C@H]4CC[C@]23C)CO1. The molecule has 12 heteroatoms. The van der Waals surface area contributed by atoms with Gasteiger partial charge >= 0.3 is 0 Å². The molecule has 12 nitrogen and oxygen atoms in total. The summed E-state index contributed by atoms with van der Waals surface area (Å²) in [5.41, 5.74) is -0.867. The quantitative estimate of drug-likeness (QED) is 0.220. The monoisotopic (exact) mass is 776 g/mol. The zero-order valence-electron chi connectivity index (χ0n) is 33.6. The van der Waals surface area contributed by atoms with Crippen molar-refractivity contribution in [2.24, 2.45) is 34.5 Å². The lowest BCUT2D eigenvalue weighted by Crippen LogP contribution is -2.67. The van der Waals surface area contributed by atoms with Gasteiger partial charge in [-0.2, -0.15) is 0 Å². The summed E-state index contributed by atoms with van der Waals surface area (Å²) in [6, 6.07) is 0. The molecule has 3 heterocycles. The standard InChI is InChI=1S/C43H68O12/c1-22-15-28(17-33(45)38(22)54-36-19-34(46)39(25(4)52-36)55-35-18-32(44)37(47)24(3)51-35)53-27-7-11-40(5)30-8-12-41(6)29(26-16-23(2)50-21-26)10-14-43(41,49)31(30)9-13-42(40,48)20-27/h16,22,24-25,27-39,44-49H,2,7-15,17-21H2,1,3-6H3/t22-,24+,25+,27-,28+,29+,30-,31+,32-,33-,34-,35-,36-,37+,38+,39+,40+,41+,42-,43-/m0/s1. The molecule has 0 bridgehead atoms. The van der Waals surface area contributed by atoms with Crippen molar-refractivity contribution in [2.75, 3.05) is 6.61 Å². The minimum atomic E-state index is -0.991. The van der Waals surface area contributed by atoms with Gasteiger partial charge in [-0.15, -0.1) is 0 Å². The van der Waals surface area contributed by atoms with Gasteiger partial charge in [0.2, 0.25) is 0 Å². The fourth-order valence-electron chi connectivity index (χ4n) is 13.4. The molecular weight excluding hydrogens is 708 g/mol. The Hall–Kier alpha value is -1.16. The van der Waals surface area contributed by atoms with E-state index in [1.165, 1.54) is 5.57 Å². The van der Waals surface area contributed by atoms with E-state index >= 15 is 0 Å². The Bertz CT molecular complexity index is 1420. The Balaban J connectivity index is 0.843. The van der Waals surface area contributed by atoms with Gasteiger partial charge in [-0.3, -0.25) is 0 Å². The Morgan fingerprint density at radius 3 is 2.02 bits per heavy atom. The first-order chi connectivity index (χ1) is 25.9. The Morgan fingerprint density at radius 2 is 1.35 bits per heavy atom. The van der Waals surface area contributed by atoms with Crippen LogP contribution in [0.25, 0.3) is 0 Å². The molecule has 55 heavy (non-hydrogen) atoms. The van der Waals surface area contributed by atoms with E-state index < -0.39 is 72.6 Å². The number of hydrogen-bond donors (Lipinski definition) is 6. The van der Waals surface area contributed by atoms with Crippen LogP contribution in [0.3, 0.4) is 0 Å². The minimum absolute atomic E-state index is 0.0339. The summed E-state index contributed by atoms with van der Waals surface area (Å²) < 4.78 is 36.7. The van der Waals surface area contributed by atoms with Crippen molar-refractivity contribution in [2.45, 2.75) is 203 Å². The van der Waals surface area contributed by atoms with Crippen molar-refractivity contribution in [1.82, 2.24) is 0 Å². The van der Waals surface area contributed by atoms with Gasteiger partial charge in [-0.25, -0.2) is 0 Å². The van der Waals surface area contributed by atoms with E-state index in [4.69, 9.17) is 28.4 Å². The maximum absolute atomic E-state index is 12.6. The van der Waals surface area contributed by atoms with Crippen molar-refractivity contribution < 1.29 is 59.1 Å². The van der Waals surface area contributed by atoms with Crippen LogP contribution in [0.4, 0.5) is 0 Å². The lowest BCUT2D eigenvalue weighted by atomic mass is 9.42. The van der Waals surface area contributed by atoms with Crippen LogP contribution in [-0.2, 0) is 28.4 Å². The molecule has 0 aromatic rings. The molecule has 0 spiro atoms. The average Bonchev–Trinajstić information content (AvgIpc) is 3.66. The molecule has 7 fully saturated rings. The van der Waals surface area contributed by atoms with Crippen molar-refractivity contribution in [3.05, 3.63) is 24.0 Å². The predicted octanol–water partition coefficient (Wildman–Crippen LogP) is 4.01. The molecule has 0 aromatic heterocycles. The molecule has 5 saturated carbocycles. The Labute approximate surface area is 326 Å². The van der Waals surface area contributed by atoms with E-state index in [9.17, 15) is 30.6 Å². The van der Waals surface area contributed by atoms with Gasteiger partial charge in [-0.1, -0.05) is 27.4 Å². The van der Waals surface area contributed by atoms with Crippen LogP contribution in [-0.4, -0.2) is 122 Å². The molecule has 0 aromatic carbocycles. The highest BCUT2D eigenvalue weighted by atomic mass is 16.7. The first-order valence-electron chi connectivity index (χ1n) is 21.4. The zero-order valence-corrected chi connectivity index (χ0v) is 33.6. The first kappa shape index (κ1) is 40.6. The van der Waals surface area contributed by atoms with Gasteiger partial charge < -0.3 is 59.1 Å². The molecule has 0 amide bonds. The second kappa shape index (κ2) is 14.8. The third-order valence-electron chi connectivity index (χ3n) is 16.6. The maximum atomic E-state index is 12.6. The highest BCUT2D eigenvalue weighted by molar-refractivity contribution is 5.31. The number of fused-ring (bicyclic) bond motifs is 5. The van der Waals surface area contributed by atoms with Gasteiger partial charge in [-0.05, 0) is 112 Å². The summed E-state index contributed by atoms with van der Waals surface area (Å²) in [6.45, 7) is 14.7. The third kappa shape index (κ3) is 6.89. The maximum Gasteiger partial charge on any atom is 0.161 e. The highest BCUT2D eigenvalue weighted by Gasteiger charge is 2.70. The first-order valence-corrected chi connectivity index (χ1v) is 21.4. The second-order valence-electron chi connectivity index (χ2n) is 19.6. The highest BCUT2D eigenvalue weighted by Crippen LogP contribution is 2.71. The molecule has 20 atom stereocenters. The largest absolute Gasteiger partial charge is 0.490 e. The van der Waals surface area contributed by atoms with Gasteiger partial charge in [0.1, 0.15) is 24.6 Å². The van der Waals surface area contributed by atoms with Gasteiger partial charge in [0, 0.05) is 31.1 Å². The van der Waals surface area contributed by atoms with Crippen LogP contribution in [0.1, 0.15) is 118 Å². The average molecular weight is 777 g/mol. The fourth-order valence-corrected chi connectivity index (χ4v) is 13.4. The third-order valence-corrected chi connectivity index (χ3v) is 16.6. The molecule has 2 saturated heterocycles. The fraction of sp³-hybridized carbons (Fsp3) is 0.907. The van der Waals surface area contributed by atoms with Gasteiger partial charge in [0.05, 0.1) is 60.0 Å². The van der Waals surface area contributed by atoms with Crippen LogP contribution in [0, 0.1) is 34.5 Å². The van der Waals surface area contributed by atoms with Crippen molar-refractivity contribution in [3.8, 4) is 0 Å². The van der Waals surface area contributed by atoms with Crippen LogP contribution in [0.15, 0.2) is 24.0 Å². The molecule has 312 valence electrons. The second-order valence-corrected chi connectivity index (χ2v) is 19.6. The van der Waals surface area contributed by atoms with Crippen LogP contribution in [0.2, 0.25) is 0 Å². The topological polar surface area (TPSA) is 177 Å². The summed E-state index contributed by atoms with van der Waals surface area (Å²) >= 11 is 0. The van der Waals surface area contributed by atoms with E-state index in [1.54, 1.807) is 13.8 Å². The Morgan fingerprint density at radius 1 is 0.691 bits per heavy atom. The normalized spacial score (nSPS) is 55.5. The minimum Gasteiger partial charge on any atom is -0.490 e. The molecular formula is C43H68O12. The number of rotatable bonds is 7. The lowest BCUT2D eigenvalue weighted by molar-refractivity contribution is -0.322. The summed E-state index contributed by atoms with van der Waals surface area (Å²) in [5.74, 6) is 1.39. The van der Waals surface area contributed by atoms with Crippen LogP contribution >= 0.6 is 0 Å². The molecule has 5 aliphatic carbocycles. The van der Waals surface area contributed by atoms with E-state index in [1.807, 2.05) is 6.92 Å². The predicted molar refractivity (Wildman–Crippen MR) is 200 cm³/mol. The molecule has 3 aliphatic heterocycles. The zero-order chi connectivity index (χ0) is 39.2. The summed E-state index contributed by atoms with van der Waals surface area (Å²) in [7, 11) is 0. The molecule has 6 N–H and O–H groups in total. The van der Waals surface area contributed by atoms with Crippen LogP contribution < -0.4 is 0 Å². The summed E-state index contributed by atoms with van der Waals surface area (Å²) in [5, 5.41) is 67.7. The van der Waals surface area contributed by atoms with Crippen molar-refractivity contribution in [1.29, 1.82) is 0 Å². The van der Waals surface area contributed by atoms with Crippen LogP contribution in [0.5, 0.6) is 0 Å². The number of ether oxygens (including phenoxy) is 6. The number of aliphatic hydroxyl groups is 6. The Kier molecular flexibility index (Phi) is 11.0. The number of aliphatic hydroxyl groups excluding tert-OH is 4. The summed E-state index contributed by atoms with van der Waals surface area (Å²) in [4.78, 5) is 0. The molecule has 0 unspecified atom stereocenters. The lowest BCUT2D eigenvalue weighted by Gasteiger charge is -2.66. The smallest absolute Gasteiger partial charge is 0.161 e. The van der Waals surface area contributed by atoms with E-state index in [0.717, 1.165) is 50.7 Å².